The van der Waals surface area contributed by atoms with Crippen LogP contribution < -0.4 is 5.73 Å². The molecule has 0 bridgehead atoms. The number of rotatable bonds is 6. The fourth-order valence-corrected chi connectivity index (χ4v) is 7.17. The summed E-state index contributed by atoms with van der Waals surface area (Å²) in [5.74, 6) is -0.733. The molecule has 1 aromatic carbocycles. The van der Waals surface area contributed by atoms with Gasteiger partial charge in [-0.3, -0.25) is 9.59 Å². The number of benzene rings is 1. The van der Waals surface area contributed by atoms with Crippen molar-refractivity contribution in [1.29, 1.82) is 0 Å². The van der Waals surface area contributed by atoms with Crippen LogP contribution in [0.3, 0.4) is 0 Å². The molecular formula is C23H35N3O4S. The van der Waals surface area contributed by atoms with Crippen LogP contribution in [0.1, 0.15) is 61.6 Å². The zero-order chi connectivity index (χ0) is 22.8. The van der Waals surface area contributed by atoms with Gasteiger partial charge >= 0.3 is 0 Å². The lowest BCUT2D eigenvalue weighted by molar-refractivity contribution is -0.135. The zero-order valence-electron chi connectivity index (χ0n) is 18.9. The van der Waals surface area contributed by atoms with E-state index in [1.807, 2.05) is 32.9 Å². The summed E-state index contributed by atoms with van der Waals surface area (Å²) in [6, 6.07) is 3.61. The van der Waals surface area contributed by atoms with E-state index in [2.05, 4.69) is 0 Å². The van der Waals surface area contributed by atoms with Gasteiger partial charge < -0.3 is 10.6 Å². The Balaban J connectivity index is 1.87. The molecule has 1 aliphatic carbocycles. The number of sulfonamides is 1. The van der Waals surface area contributed by atoms with Crippen LogP contribution >= 0.6 is 0 Å². The molecule has 2 amide bonds. The van der Waals surface area contributed by atoms with Crippen molar-refractivity contribution in [1.82, 2.24) is 9.21 Å². The van der Waals surface area contributed by atoms with E-state index < -0.39 is 10.0 Å². The quantitative estimate of drug-likeness (QED) is 0.721. The van der Waals surface area contributed by atoms with Crippen molar-refractivity contribution < 1.29 is 18.0 Å². The number of amides is 2. The van der Waals surface area contributed by atoms with Crippen molar-refractivity contribution in [3.63, 3.8) is 0 Å². The van der Waals surface area contributed by atoms with E-state index in [4.69, 9.17) is 5.73 Å². The minimum atomic E-state index is -3.83. The molecule has 7 nitrogen and oxygen atoms in total. The molecule has 1 saturated carbocycles. The molecule has 0 spiro atoms. The lowest BCUT2D eigenvalue weighted by atomic mass is 9.95. The van der Waals surface area contributed by atoms with Crippen molar-refractivity contribution in [2.75, 3.05) is 19.6 Å². The molecule has 1 saturated heterocycles. The van der Waals surface area contributed by atoms with E-state index >= 15 is 0 Å². The first-order chi connectivity index (χ1) is 14.6. The predicted molar refractivity (Wildman–Crippen MR) is 120 cm³/mol. The maximum Gasteiger partial charge on any atom is 0.244 e. The highest BCUT2D eigenvalue weighted by atomic mass is 32.2. The number of carbonyl (C=O) groups is 2. The van der Waals surface area contributed by atoms with Crippen LogP contribution in [0.4, 0.5) is 0 Å². The Morgan fingerprint density at radius 3 is 2.06 bits per heavy atom. The third-order valence-corrected chi connectivity index (χ3v) is 8.90. The summed E-state index contributed by atoms with van der Waals surface area (Å²) in [7, 11) is -3.83. The molecule has 0 radical (unpaired) electrons. The van der Waals surface area contributed by atoms with Crippen LogP contribution in [0.15, 0.2) is 17.0 Å². The minimum Gasteiger partial charge on any atom is -0.369 e. The van der Waals surface area contributed by atoms with Gasteiger partial charge in [0.25, 0.3) is 0 Å². The monoisotopic (exact) mass is 449 g/mol. The number of carbonyl (C=O) groups excluding carboxylic acids is 2. The Bertz CT molecular complexity index is 907. The Morgan fingerprint density at radius 2 is 1.55 bits per heavy atom. The Hall–Kier alpha value is -1.93. The van der Waals surface area contributed by atoms with Crippen molar-refractivity contribution >= 4 is 21.8 Å². The third-order valence-electron chi connectivity index (χ3n) is 6.69. The van der Waals surface area contributed by atoms with E-state index in [1.54, 1.807) is 4.90 Å². The van der Waals surface area contributed by atoms with Crippen LogP contribution in [0, 0.1) is 26.7 Å². The SMILES string of the molecule is Cc1cc(C)c(S(=O)(=O)N(CC(=O)N2CCC(C(N)=O)CC2)C2CCCCC2)c(C)c1. The van der Waals surface area contributed by atoms with Crippen molar-refractivity contribution in [2.24, 2.45) is 11.7 Å². The molecule has 0 atom stereocenters. The molecule has 2 aliphatic rings. The van der Waals surface area contributed by atoms with Crippen LogP contribution in [0.25, 0.3) is 0 Å². The number of piperidine rings is 1. The number of hydrogen-bond donors (Lipinski definition) is 1. The number of nitrogens with two attached hydrogens (primary N) is 1. The van der Waals surface area contributed by atoms with Gasteiger partial charge in [0.15, 0.2) is 0 Å². The van der Waals surface area contributed by atoms with Gasteiger partial charge in [-0.2, -0.15) is 4.31 Å². The Kier molecular flexibility index (Phi) is 7.42. The normalized spacial score (nSPS) is 19.0. The predicted octanol–water partition coefficient (Wildman–Crippen LogP) is 2.66. The van der Waals surface area contributed by atoms with E-state index in [-0.39, 0.29) is 30.3 Å². The van der Waals surface area contributed by atoms with Gasteiger partial charge in [0.2, 0.25) is 21.8 Å². The molecule has 0 aromatic heterocycles. The number of hydrogen-bond acceptors (Lipinski definition) is 4. The first kappa shape index (κ1) is 23.7. The highest BCUT2D eigenvalue weighted by molar-refractivity contribution is 7.89. The molecule has 2 fully saturated rings. The Labute approximate surface area is 186 Å². The molecule has 31 heavy (non-hydrogen) atoms. The highest BCUT2D eigenvalue weighted by Gasteiger charge is 2.37. The minimum absolute atomic E-state index is 0.152. The van der Waals surface area contributed by atoms with Gasteiger partial charge in [-0.1, -0.05) is 37.0 Å². The summed E-state index contributed by atoms with van der Waals surface area (Å²) in [6.45, 7) is 6.32. The molecule has 1 heterocycles. The topological polar surface area (TPSA) is 101 Å². The van der Waals surface area contributed by atoms with Crippen molar-refractivity contribution in [3.05, 3.63) is 28.8 Å². The second kappa shape index (κ2) is 9.69. The van der Waals surface area contributed by atoms with Crippen LogP contribution in [-0.2, 0) is 19.6 Å². The molecule has 3 rings (SSSR count). The lowest BCUT2D eigenvalue weighted by Crippen LogP contribution is -2.50. The van der Waals surface area contributed by atoms with Gasteiger partial charge in [0.05, 0.1) is 11.4 Å². The Morgan fingerprint density at radius 1 is 1.00 bits per heavy atom. The van der Waals surface area contributed by atoms with E-state index in [1.165, 1.54) is 4.31 Å². The smallest absolute Gasteiger partial charge is 0.244 e. The number of aryl methyl sites for hydroxylation is 3. The second-order valence-electron chi connectivity index (χ2n) is 9.13. The average Bonchev–Trinajstić information content (AvgIpc) is 2.71. The molecule has 2 N–H and O–H groups in total. The lowest BCUT2D eigenvalue weighted by Gasteiger charge is -2.36. The van der Waals surface area contributed by atoms with Crippen LogP contribution in [0.5, 0.6) is 0 Å². The fraction of sp³-hybridized carbons (Fsp3) is 0.652. The van der Waals surface area contributed by atoms with Crippen molar-refractivity contribution in [3.8, 4) is 0 Å². The standard InChI is InChI=1S/C23H35N3O4S/c1-16-13-17(2)22(18(3)14-16)31(29,30)26(20-7-5-4-6-8-20)15-21(27)25-11-9-19(10-12-25)23(24)28/h13-14,19-20H,4-12,15H2,1-3H3,(H2,24,28). The van der Waals surface area contributed by atoms with Crippen molar-refractivity contribution in [2.45, 2.75) is 76.7 Å². The van der Waals surface area contributed by atoms with Gasteiger partial charge in [-0.15, -0.1) is 0 Å². The highest BCUT2D eigenvalue weighted by Crippen LogP contribution is 2.31. The first-order valence-electron chi connectivity index (χ1n) is 11.3. The molecule has 1 aromatic rings. The maximum absolute atomic E-state index is 13.8. The number of primary amides is 1. The second-order valence-corrected chi connectivity index (χ2v) is 11.0. The summed E-state index contributed by atoms with van der Waals surface area (Å²) < 4.78 is 29.1. The molecular weight excluding hydrogens is 414 g/mol. The summed E-state index contributed by atoms with van der Waals surface area (Å²) in [5.41, 5.74) is 7.85. The van der Waals surface area contributed by atoms with Crippen LogP contribution in [-0.4, -0.2) is 55.1 Å². The maximum atomic E-state index is 13.8. The molecule has 172 valence electrons. The van der Waals surface area contributed by atoms with E-state index in [9.17, 15) is 18.0 Å². The van der Waals surface area contributed by atoms with E-state index in [0.717, 1.165) is 37.7 Å². The summed E-state index contributed by atoms with van der Waals surface area (Å²) in [5, 5.41) is 0. The average molecular weight is 450 g/mol. The van der Waals surface area contributed by atoms with E-state index in [0.29, 0.717) is 42.0 Å². The zero-order valence-corrected chi connectivity index (χ0v) is 19.7. The number of likely N-dealkylation sites (tertiary alicyclic amines) is 1. The van der Waals surface area contributed by atoms with Gasteiger partial charge in [-0.05, 0) is 57.6 Å². The fourth-order valence-electron chi connectivity index (χ4n) is 5.12. The molecule has 1 aliphatic heterocycles. The van der Waals surface area contributed by atoms with Crippen LogP contribution in [0.2, 0.25) is 0 Å². The largest absolute Gasteiger partial charge is 0.369 e. The molecule has 0 unspecified atom stereocenters. The summed E-state index contributed by atoms with van der Waals surface area (Å²) in [6.07, 6.45) is 5.67. The molecule has 8 heteroatoms. The first-order valence-corrected chi connectivity index (χ1v) is 12.7. The van der Waals surface area contributed by atoms with Gasteiger partial charge in [0.1, 0.15) is 0 Å². The summed E-state index contributed by atoms with van der Waals surface area (Å²) >= 11 is 0. The van der Waals surface area contributed by atoms with Gasteiger partial charge in [0, 0.05) is 25.0 Å². The number of nitrogens with zero attached hydrogens (tertiary/aromatic N) is 2. The van der Waals surface area contributed by atoms with Gasteiger partial charge in [-0.25, -0.2) is 8.42 Å². The third kappa shape index (κ3) is 5.29. The summed E-state index contributed by atoms with van der Waals surface area (Å²) in [4.78, 5) is 26.6.